The Bertz CT molecular complexity index is 565. The number of rotatable bonds is 2. The Morgan fingerprint density at radius 3 is 1.85 bits per heavy atom. The summed E-state index contributed by atoms with van der Waals surface area (Å²) in [6, 6.07) is 18.1. The predicted octanol–water partition coefficient (Wildman–Crippen LogP) is 5.77. The molecule has 1 saturated carbocycles. The molecule has 0 radical (unpaired) electrons. The van der Waals surface area contributed by atoms with Crippen LogP contribution in [0.1, 0.15) is 48.9 Å². The van der Waals surface area contributed by atoms with Gasteiger partial charge in [0.05, 0.1) is 0 Å². The number of hydrogen-bond donors (Lipinski definition) is 0. The fourth-order valence-electron chi connectivity index (χ4n) is 3.84. The summed E-state index contributed by atoms with van der Waals surface area (Å²) in [5.74, 6) is 0. The summed E-state index contributed by atoms with van der Waals surface area (Å²) in [7, 11) is 1.07. The van der Waals surface area contributed by atoms with E-state index < -0.39 is 0 Å². The molecule has 0 nitrogen and oxygen atoms in total. The van der Waals surface area contributed by atoms with Gasteiger partial charge >= 0.3 is 0 Å². The highest BCUT2D eigenvalue weighted by Gasteiger charge is 2.30. The molecule has 1 fully saturated rings. The zero-order valence-corrected chi connectivity index (χ0v) is 12.8. The van der Waals surface area contributed by atoms with Gasteiger partial charge in [-0.05, 0) is 40.8 Å². The minimum Gasteiger partial charge on any atom is -0.106 e. The van der Waals surface area contributed by atoms with Crippen LogP contribution in [0.4, 0.5) is 0 Å². The number of hydrogen-bond acceptors (Lipinski definition) is 0. The molecule has 2 aliphatic rings. The Morgan fingerprint density at radius 1 is 0.700 bits per heavy atom. The van der Waals surface area contributed by atoms with Crippen LogP contribution in [0.2, 0.25) is 0 Å². The zero-order chi connectivity index (χ0) is 13.4. The molecule has 1 unspecified atom stereocenters. The van der Waals surface area contributed by atoms with Crippen LogP contribution in [-0.4, -0.2) is 5.66 Å². The molecule has 0 spiro atoms. The summed E-state index contributed by atoms with van der Waals surface area (Å²) in [5, 5.41) is 0. The van der Waals surface area contributed by atoms with Crippen molar-refractivity contribution in [1.82, 2.24) is 0 Å². The standard InChI is InChI=1S/C19H21P/c1-2-8-14(9-3-1)20-19-17-12-6-4-10-15(17)16-11-5-7-13-18(16)19/h4-7,10-14,19-20H,1-3,8-9H2. The highest BCUT2D eigenvalue weighted by atomic mass is 31.1. The first kappa shape index (κ1) is 12.6. The average molecular weight is 280 g/mol. The molecule has 102 valence electrons. The molecule has 0 N–H and O–H groups in total. The Hall–Kier alpha value is -1.13. The lowest BCUT2D eigenvalue weighted by Crippen LogP contribution is -2.08. The largest absolute Gasteiger partial charge is 0.106 e. The van der Waals surface area contributed by atoms with Crippen molar-refractivity contribution < 1.29 is 0 Å². The maximum absolute atomic E-state index is 2.36. The molecule has 4 rings (SSSR count). The quantitative estimate of drug-likeness (QED) is 0.613. The summed E-state index contributed by atoms with van der Waals surface area (Å²) in [4.78, 5) is 0. The van der Waals surface area contributed by atoms with E-state index in [0.717, 1.165) is 14.2 Å². The van der Waals surface area contributed by atoms with Crippen LogP contribution < -0.4 is 0 Å². The van der Waals surface area contributed by atoms with E-state index in [1.54, 1.807) is 11.1 Å². The minimum atomic E-state index is 0.672. The van der Waals surface area contributed by atoms with Crippen molar-refractivity contribution in [1.29, 1.82) is 0 Å². The van der Waals surface area contributed by atoms with Gasteiger partial charge in [0, 0.05) is 5.66 Å². The van der Waals surface area contributed by atoms with E-state index in [1.165, 1.54) is 43.2 Å². The maximum Gasteiger partial charge on any atom is 0.0277 e. The van der Waals surface area contributed by atoms with E-state index in [1.807, 2.05) is 0 Å². The van der Waals surface area contributed by atoms with E-state index in [-0.39, 0.29) is 0 Å². The van der Waals surface area contributed by atoms with Crippen molar-refractivity contribution >= 4 is 8.58 Å². The molecule has 0 bridgehead atoms. The van der Waals surface area contributed by atoms with Gasteiger partial charge < -0.3 is 0 Å². The molecule has 20 heavy (non-hydrogen) atoms. The van der Waals surface area contributed by atoms with Crippen molar-refractivity contribution in [2.45, 2.75) is 43.4 Å². The van der Waals surface area contributed by atoms with Crippen molar-refractivity contribution in [3.63, 3.8) is 0 Å². The summed E-state index contributed by atoms with van der Waals surface area (Å²) in [6.45, 7) is 0. The second-order valence-corrected chi connectivity index (χ2v) is 7.84. The lowest BCUT2D eigenvalue weighted by atomic mass is 10.0. The molecule has 0 heterocycles. The Kier molecular flexibility index (Phi) is 3.36. The third-order valence-corrected chi connectivity index (χ3v) is 6.85. The Labute approximate surface area is 123 Å². The fourth-order valence-corrected chi connectivity index (χ4v) is 5.92. The van der Waals surface area contributed by atoms with Crippen LogP contribution in [0.3, 0.4) is 0 Å². The van der Waals surface area contributed by atoms with Gasteiger partial charge in [-0.15, -0.1) is 8.58 Å². The molecule has 2 aromatic rings. The van der Waals surface area contributed by atoms with Gasteiger partial charge in [-0.3, -0.25) is 0 Å². The molecule has 1 heteroatoms. The summed E-state index contributed by atoms with van der Waals surface area (Å²) < 4.78 is 0. The predicted molar refractivity (Wildman–Crippen MR) is 88.9 cm³/mol. The summed E-state index contributed by atoms with van der Waals surface area (Å²) >= 11 is 0. The first-order valence-corrected chi connectivity index (χ1v) is 9.03. The van der Waals surface area contributed by atoms with E-state index in [0.29, 0.717) is 5.66 Å². The van der Waals surface area contributed by atoms with Crippen molar-refractivity contribution in [2.75, 3.05) is 0 Å². The van der Waals surface area contributed by atoms with Crippen LogP contribution in [0.25, 0.3) is 11.1 Å². The maximum atomic E-state index is 2.36. The monoisotopic (exact) mass is 280 g/mol. The summed E-state index contributed by atoms with van der Waals surface area (Å²) in [6.07, 6.45) is 7.28. The molecule has 0 aliphatic heterocycles. The highest BCUT2D eigenvalue weighted by molar-refractivity contribution is 7.39. The first-order chi connectivity index (χ1) is 9.93. The second-order valence-electron chi connectivity index (χ2n) is 6.11. The Morgan fingerprint density at radius 2 is 1.25 bits per heavy atom. The van der Waals surface area contributed by atoms with E-state index >= 15 is 0 Å². The van der Waals surface area contributed by atoms with Gasteiger partial charge in [0.15, 0.2) is 0 Å². The molecular weight excluding hydrogens is 259 g/mol. The van der Waals surface area contributed by atoms with Gasteiger partial charge in [-0.25, -0.2) is 0 Å². The minimum absolute atomic E-state index is 0.672. The van der Waals surface area contributed by atoms with Crippen molar-refractivity contribution in [3.8, 4) is 11.1 Å². The van der Waals surface area contributed by atoms with Crippen LogP contribution in [0.5, 0.6) is 0 Å². The molecule has 0 aromatic heterocycles. The van der Waals surface area contributed by atoms with E-state index in [4.69, 9.17) is 0 Å². The topological polar surface area (TPSA) is 0 Å². The molecule has 0 saturated heterocycles. The highest BCUT2D eigenvalue weighted by Crippen LogP contribution is 2.55. The molecule has 0 amide bonds. The molecular formula is C19H21P. The van der Waals surface area contributed by atoms with Crippen LogP contribution in [0.15, 0.2) is 48.5 Å². The van der Waals surface area contributed by atoms with Gasteiger partial charge in [0.1, 0.15) is 0 Å². The molecule has 2 aromatic carbocycles. The van der Waals surface area contributed by atoms with Gasteiger partial charge in [-0.1, -0.05) is 67.8 Å². The van der Waals surface area contributed by atoms with Crippen LogP contribution in [0, 0.1) is 0 Å². The fraction of sp³-hybridized carbons (Fsp3) is 0.368. The van der Waals surface area contributed by atoms with E-state index in [2.05, 4.69) is 48.5 Å². The van der Waals surface area contributed by atoms with Gasteiger partial charge in [0.25, 0.3) is 0 Å². The molecule has 2 aliphatic carbocycles. The van der Waals surface area contributed by atoms with Crippen LogP contribution in [-0.2, 0) is 0 Å². The second kappa shape index (κ2) is 5.34. The third-order valence-electron chi connectivity index (χ3n) is 4.84. The first-order valence-electron chi connectivity index (χ1n) is 7.88. The third kappa shape index (κ3) is 2.11. The summed E-state index contributed by atoms with van der Waals surface area (Å²) in [5.41, 5.74) is 7.77. The lowest BCUT2D eigenvalue weighted by Gasteiger charge is -2.25. The zero-order valence-electron chi connectivity index (χ0n) is 11.8. The van der Waals surface area contributed by atoms with E-state index in [9.17, 15) is 0 Å². The van der Waals surface area contributed by atoms with Crippen LogP contribution >= 0.6 is 8.58 Å². The SMILES string of the molecule is c1ccc2c(c1)-c1ccccc1C2PC1CCCCC1. The number of fused-ring (bicyclic) bond motifs is 3. The molecule has 1 atom stereocenters. The Balaban J connectivity index is 1.71. The van der Waals surface area contributed by atoms with Gasteiger partial charge in [0.2, 0.25) is 0 Å². The smallest absolute Gasteiger partial charge is 0.0277 e. The van der Waals surface area contributed by atoms with Crippen molar-refractivity contribution in [3.05, 3.63) is 59.7 Å². The lowest BCUT2D eigenvalue weighted by molar-refractivity contribution is 0.512. The number of benzene rings is 2. The van der Waals surface area contributed by atoms with Gasteiger partial charge in [-0.2, -0.15) is 0 Å². The normalized spacial score (nSPS) is 19.4. The average Bonchev–Trinajstić information content (AvgIpc) is 2.84. The van der Waals surface area contributed by atoms with Crippen molar-refractivity contribution in [2.24, 2.45) is 0 Å².